The molecule has 3 nitrogen and oxygen atoms in total. The van der Waals surface area contributed by atoms with E-state index >= 15 is 0 Å². The molecule has 1 N–H and O–H groups in total. The molecule has 3 aliphatic rings. The summed E-state index contributed by atoms with van der Waals surface area (Å²) >= 11 is 0. The van der Waals surface area contributed by atoms with Crippen molar-refractivity contribution in [3.05, 3.63) is 0 Å². The minimum absolute atomic E-state index is 0.0539. The fourth-order valence-corrected chi connectivity index (χ4v) is 2.32. The largest absolute Gasteiger partial charge is 0.411 e. The third-order valence-corrected chi connectivity index (χ3v) is 3.75. The monoisotopic (exact) mass is 220 g/mol. The molecule has 3 fully saturated rings. The second-order valence-electron chi connectivity index (χ2n) is 4.68. The van der Waals surface area contributed by atoms with E-state index in [4.69, 9.17) is 0 Å². The van der Waals surface area contributed by atoms with Crippen LogP contribution in [0.15, 0.2) is 0 Å². The highest BCUT2D eigenvalue weighted by Gasteiger charge is 2.72. The lowest BCUT2D eigenvalue weighted by Gasteiger charge is -2.29. The highest BCUT2D eigenvalue weighted by molar-refractivity contribution is 5.92. The summed E-state index contributed by atoms with van der Waals surface area (Å²) in [4.78, 5) is 12.8. The lowest BCUT2D eigenvalue weighted by atomic mass is 10.2. The van der Waals surface area contributed by atoms with Gasteiger partial charge in [0.25, 0.3) is 0 Å². The van der Waals surface area contributed by atoms with Crippen LogP contribution in [-0.2, 0) is 4.79 Å². The molecule has 1 spiro atoms. The number of nitrogens with zero attached hydrogens (tertiary/aromatic N) is 1. The van der Waals surface area contributed by atoms with Crippen LogP contribution in [0.25, 0.3) is 0 Å². The van der Waals surface area contributed by atoms with Crippen molar-refractivity contribution in [3.63, 3.8) is 0 Å². The van der Waals surface area contributed by atoms with Crippen molar-refractivity contribution in [2.24, 2.45) is 0 Å². The zero-order chi connectivity index (χ0) is 10.9. The van der Waals surface area contributed by atoms with E-state index in [9.17, 15) is 18.0 Å². The summed E-state index contributed by atoms with van der Waals surface area (Å²) in [6.07, 6.45) is -2.82. The molecule has 1 heterocycles. The standard InChI is InChI=1S/C9H11F3N2O/c10-9(11,12)8(3-4-8)14-5-13-7(1-2-7)6(14)15/h13H,1-5H2. The minimum atomic E-state index is -4.29. The number of alkyl halides is 3. The summed E-state index contributed by atoms with van der Waals surface area (Å²) < 4.78 is 38.3. The Balaban J connectivity index is 1.87. The lowest BCUT2D eigenvalue weighted by molar-refractivity contribution is -0.197. The molecule has 15 heavy (non-hydrogen) atoms. The van der Waals surface area contributed by atoms with E-state index in [0.29, 0.717) is 12.8 Å². The number of hydrogen-bond donors (Lipinski definition) is 1. The third-order valence-electron chi connectivity index (χ3n) is 3.75. The van der Waals surface area contributed by atoms with E-state index in [1.54, 1.807) is 0 Å². The molecule has 2 saturated carbocycles. The van der Waals surface area contributed by atoms with Gasteiger partial charge in [0.05, 0.1) is 12.2 Å². The molecule has 1 aliphatic heterocycles. The van der Waals surface area contributed by atoms with E-state index in [2.05, 4.69) is 5.32 Å². The second-order valence-corrected chi connectivity index (χ2v) is 4.68. The average molecular weight is 220 g/mol. The number of carbonyl (C=O) groups is 1. The highest BCUT2D eigenvalue weighted by Crippen LogP contribution is 2.56. The van der Waals surface area contributed by atoms with Gasteiger partial charge in [0.2, 0.25) is 5.91 Å². The van der Waals surface area contributed by atoms with Gasteiger partial charge in [-0.1, -0.05) is 0 Å². The first-order chi connectivity index (χ1) is 6.91. The average Bonchev–Trinajstić information content (AvgIpc) is 2.93. The normalized spacial score (nSPS) is 31.1. The molecule has 6 heteroatoms. The van der Waals surface area contributed by atoms with Crippen LogP contribution in [0.2, 0.25) is 0 Å². The predicted octanol–water partition coefficient (Wildman–Crippen LogP) is 1.00. The molecule has 0 aromatic heterocycles. The third kappa shape index (κ3) is 1.03. The molecular weight excluding hydrogens is 209 g/mol. The summed E-state index contributed by atoms with van der Waals surface area (Å²) in [5.74, 6) is -0.350. The van der Waals surface area contributed by atoms with Crippen LogP contribution in [0, 0.1) is 0 Å². The van der Waals surface area contributed by atoms with Gasteiger partial charge < -0.3 is 4.90 Å². The molecule has 1 amide bonds. The smallest absolute Gasteiger partial charge is 0.313 e. The molecule has 0 bridgehead atoms. The van der Waals surface area contributed by atoms with Crippen molar-refractivity contribution in [2.75, 3.05) is 6.67 Å². The first-order valence-corrected chi connectivity index (χ1v) is 5.05. The highest BCUT2D eigenvalue weighted by atomic mass is 19.4. The van der Waals surface area contributed by atoms with Crippen molar-refractivity contribution in [2.45, 2.75) is 42.9 Å². The summed E-state index contributed by atoms with van der Waals surface area (Å²) in [6, 6.07) is 0. The maximum Gasteiger partial charge on any atom is 0.411 e. The van der Waals surface area contributed by atoms with Gasteiger partial charge in [0.15, 0.2) is 0 Å². The Morgan fingerprint density at radius 3 is 2.13 bits per heavy atom. The van der Waals surface area contributed by atoms with Crippen molar-refractivity contribution in [1.29, 1.82) is 0 Å². The first kappa shape index (κ1) is 9.45. The molecule has 2 aliphatic carbocycles. The van der Waals surface area contributed by atoms with Crippen LogP contribution >= 0.6 is 0 Å². The Kier molecular flexibility index (Phi) is 1.46. The van der Waals surface area contributed by atoms with Gasteiger partial charge in [-0.25, -0.2) is 0 Å². The molecule has 0 aromatic carbocycles. The number of carbonyl (C=O) groups excluding carboxylic acids is 1. The second kappa shape index (κ2) is 2.31. The van der Waals surface area contributed by atoms with Crippen molar-refractivity contribution in [1.82, 2.24) is 10.2 Å². The van der Waals surface area contributed by atoms with E-state index in [1.165, 1.54) is 0 Å². The summed E-state index contributed by atoms with van der Waals surface area (Å²) in [5, 5.41) is 2.90. The van der Waals surface area contributed by atoms with Crippen LogP contribution in [0.3, 0.4) is 0 Å². The van der Waals surface area contributed by atoms with Gasteiger partial charge in [0.1, 0.15) is 5.54 Å². The Labute approximate surface area is 84.6 Å². The Morgan fingerprint density at radius 1 is 1.20 bits per heavy atom. The molecule has 0 atom stereocenters. The Morgan fingerprint density at radius 2 is 1.80 bits per heavy atom. The molecule has 0 unspecified atom stereocenters. The number of hydrogen-bond acceptors (Lipinski definition) is 2. The van der Waals surface area contributed by atoms with Crippen LogP contribution in [0.1, 0.15) is 25.7 Å². The van der Waals surface area contributed by atoms with Crippen LogP contribution in [-0.4, -0.2) is 34.7 Å². The van der Waals surface area contributed by atoms with Crippen molar-refractivity contribution < 1.29 is 18.0 Å². The predicted molar refractivity (Wildman–Crippen MR) is 44.8 cm³/mol. The maximum atomic E-state index is 12.8. The van der Waals surface area contributed by atoms with Crippen LogP contribution in [0.5, 0.6) is 0 Å². The van der Waals surface area contributed by atoms with Gasteiger partial charge in [-0.15, -0.1) is 0 Å². The Bertz CT molecular complexity index is 331. The topological polar surface area (TPSA) is 32.3 Å². The number of nitrogens with one attached hydrogen (secondary N) is 1. The fraction of sp³-hybridized carbons (Fsp3) is 0.889. The molecule has 0 aromatic rings. The SMILES string of the molecule is O=C1N(C2(C(F)(F)F)CC2)CNC12CC2. The van der Waals surface area contributed by atoms with E-state index in [0.717, 1.165) is 4.90 Å². The van der Waals surface area contributed by atoms with Gasteiger partial charge in [-0.3, -0.25) is 10.1 Å². The Hall–Kier alpha value is -0.780. The fourth-order valence-electron chi connectivity index (χ4n) is 2.32. The minimum Gasteiger partial charge on any atom is -0.313 e. The first-order valence-electron chi connectivity index (χ1n) is 5.05. The van der Waals surface area contributed by atoms with Gasteiger partial charge >= 0.3 is 6.18 Å². The summed E-state index contributed by atoms with van der Waals surface area (Å²) in [6.45, 7) is 0.0539. The summed E-state index contributed by atoms with van der Waals surface area (Å²) in [7, 11) is 0. The number of halogens is 3. The molecular formula is C9H11F3N2O. The zero-order valence-corrected chi connectivity index (χ0v) is 8.02. The van der Waals surface area contributed by atoms with Gasteiger partial charge in [-0.2, -0.15) is 13.2 Å². The molecule has 84 valence electrons. The molecule has 1 saturated heterocycles. The van der Waals surface area contributed by atoms with Crippen LogP contribution < -0.4 is 5.32 Å². The number of amides is 1. The number of rotatable bonds is 1. The van der Waals surface area contributed by atoms with E-state index < -0.39 is 17.3 Å². The summed E-state index contributed by atoms with van der Waals surface area (Å²) in [5.41, 5.74) is -2.47. The van der Waals surface area contributed by atoms with Crippen molar-refractivity contribution in [3.8, 4) is 0 Å². The lowest BCUT2D eigenvalue weighted by Crippen LogP contribution is -2.50. The van der Waals surface area contributed by atoms with Gasteiger partial charge in [-0.05, 0) is 25.7 Å². The quantitative estimate of drug-likeness (QED) is 0.715. The van der Waals surface area contributed by atoms with Crippen molar-refractivity contribution >= 4 is 5.91 Å². The molecule has 3 rings (SSSR count). The maximum absolute atomic E-state index is 12.8. The molecule has 0 radical (unpaired) electrons. The van der Waals surface area contributed by atoms with Gasteiger partial charge in [0, 0.05) is 0 Å². The van der Waals surface area contributed by atoms with Crippen LogP contribution in [0.4, 0.5) is 13.2 Å². The zero-order valence-electron chi connectivity index (χ0n) is 8.02. The van der Waals surface area contributed by atoms with E-state index in [-0.39, 0.29) is 25.4 Å². The van der Waals surface area contributed by atoms with E-state index in [1.807, 2.05) is 0 Å².